The molecule has 0 bridgehead atoms. The topological polar surface area (TPSA) is 85.4 Å². The van der Waals surface area contributed by atoms with E-state index in [1.807, 2.05) is 18.2 Å². The number of aromatic amines is 1. The van der Waals surface area contributed by atoms with Gasteiger partial charge in [0.2, 0.25) is 0 Å². The number of urea groups is 1. The van der Waals surface area contributed by atoms with Crippen molar-refractivity contribution in [2.24, 2.45) is 0 Å². The van der Waals surface area contributed by atoms with Crippen LogP contribution >= 0.6 is 0 Å². The van der Waals surface area contributed by atoms with Gasteiger partial charge in [-0.3, -0.25) is 4.79 Å². The number of hydrogen-bond acceptors (Lipinski definition) is 2. The lowest BCUT2D eigenvalue weighted by Gasteiger charge is -2.27. The lowest BCUT2D eigenvalue weighted by Crippen LogP contribution is -2.43. The summed E-state index contributed by atoms with van der Waals surface area (Å²) in [7, 11) is 0. The second-order valence-corrected chi connectivity index (χ2v) is 5.17. The zero-order chi connectivity index (χ0) is 14.8. The number of aliphatic carboxylic acids is 1. The molecule has 110 valence electrons. The van der Waals surface area contributed by atoms with Crippen LogP contribution in [-0.2, 0) is 17.8 Å². The summed E-state index contributed by atoms with van der Waals surface area (Å²) in [5, 5.41) is 12.4. The van der Waals surface area contributed by atoms with Crippen LogP contribution in [0.2, 0.25) is 0 Å². The molecule has 0 spiro atoms. The van der Waals surface area contributed by atoms with Gasteiger partial charge in [-0.05, 0) is 18.1 Å². The fourth-order valence-corrected chi connectivity index (χ4v) is 2.75. The maximum atomic E-state index is 12.0. The van der Waals surface area contributed by atoms with Crippen molar-refractivity contribution in [1.82, 2.24) is 15.2 Å². The first-order chi connectivity index (χ1) is 10.1. The van der Waals surface area contributed by atoms with Crippen molar-refractivity contribution >= 4 is 22.9 Å². The van der Waals surface area contributed by atoms with E-state index in [4.69, 9.17) is 5.11 Å². The molecule has 1 aliphatic heterocycles. The number of carboxylic acid groups (broad SMARTS) is 1. The average molecular weight is 287 g/mol. The molecule has 21 heavy (non-hydrogen) atoms. The van der Waals surface area contributed by atoms with Crippen LogP contribution in [0.1, 0.15) is 17.7 Å². The molecule has 6 nitrogen and oxygen atoms in total. The molecule has 2 aromatic rings. The number of rotatable bonds is 3. The maximum Gasteiger partial charge on any atom is 0.317 e. The minimum absolute atomic E-state index is 0.0583. The molecule has 0 fully saturated rings. The third-order valence-corrected chi connectivity index (χ3v) is 3.79. The number of amides is 2. The SMILES string of the molecule is O=C(O)CCNC(=O)N1CCc2c([nH]c3ccccc23)C1. The molecule has 3 rings (SSSR count). The van der Waals surface area contributed by atoms with Crippen molar-refractivity contribution in [3.63, 3.8) is 0 Å². The van der Waals surface area contributed by atoms with Gasteiger partial charge < -0.3 is 20.3 Å². The number of benzene rings is 1. The average Bonchev–Trinajstić information content (AvgIpc) is 2.84. The van der Waals surface area contributed by atoms with E-state index in [0.717, 1.165) is 17.6 Å². The molecule has 1 aromatic carbocycles. The Morgan fingerprint density at radius 2 is 2.14 bits per heavy atom. The van der Waals surface area contributed by atoms with E-state index in [2.05, 4.69) is 16.4 Å². The Labute approximate surface area is 121 Å². The van der Waals surface area contributed by atoms with Gasteiger partial charge >= 0.3 is 12.0 Å². The Morgan fingerprint density at radius 3 is 2.95 bits per heavy atom. The summed E-state index contributed by atoms with van der Waals surface area (Å²) < 4.78 is 0. The molecule has 2 amide bonds. The van der Waals surface area contributed by atoms with E-state index < -0.39 is 5.97 Å². The van der Waals surface area contributed by atoms with Crippen LogP contribution in [0.5, 0.6) is 0 Å². The summed E-state index contributed by atoms with van der Waals surface area (Å²) >= 11 is 0. The number of nitrogens with one attached hydrogen (secondary N) is 2. The first kappa shape index (κ1) is 13.5. The van der Waals surface area contributed by atoms with Gasteiger partial charge in [0.1, 0.15) is 0 Å². The van der Waals surface area contributed by atoms with Gasteiger partial charge in [-0.15, -0.1) is 0 Å². The van der Waals surface area contributed by atoms with Gasteiger partial charge in [-0.2, -0.15) is 0 Å². The third-order valence-electron chi connectivity index (χ3n) is 3.79. The third kappa shape index (κ3) is 2.69. The lowest BCUT2D eigenvalue weighted by molar-refractivity contribution is -0.136. The van der Waals surface area contributed by atoms with Crippen molar-refractivity contribution in [2.45, 2.75) is 19.4 Å². The number of nitrogens with zero attached hydrogens (tertiary/aromatic N) is 1. The highest BCUT2D eigenvalue weighted by molar-refractivity contribution is 5.85. The molecule has 0 saturated carbocycles. The zero-order valence-electron chi connectivity index (χ0n) is 11.6. The highest BCUT2D eigenvalue weighted by Crippen LogP contribution is 2.27. The predicted molar refractivity (Wildman–Crippen MR) is 78.1 cm³/mol. The summed E-state index contributed by atoms with van der Waals surface area (Å²) in [6, 6.07) is 7.92. The second-order valence-electron chi connectivity index (χ2n) is 5.17. The van der Waals surface area contributed by atoms with Crippen molar-refractivity contribution in [3.05, 3.63) is 35.5 Å². The minimum Gasteiger partial charge on any atom is -0.481 e. The number of carboxylic acids is 1. The fourth-order valence-electron chi connectivity index (χ4n) is 2.75. The van der Waals surface area contributed by atoms with E-state index in [9.17, 15) is 9.59 Å². The minimum atomic E-state index is -0.910. The molecule has 1 aromatic heterocycles. The van der Waals surface area contributed by atoms with Crippen LogP contribution in [0.25, 0.3) is 10.9 Å². The molecule has 0 unspecified atom stereocenters. The highest BCUT2D eigenvalue weighted by atomic mass is 16.4. The second kappa shape index (κ2) is 5.47. The summed E-state index contributed by atoms with van der Waals surface area (Å²) in [4.78, 5) is 27.5. The van der Waals surface area contributed by atoms with E-state index >= 15 is 0 Å². The molecule has 2 heterocycles. The quantitative estimate of drug-likeness (QED) is 0.803. The van der Waals surface area contributed by atoms with Gasteiger partial charge in [0.15, 0.2) is 0 Å². The van der Waals surface area contributed by atoms with Gasteiger partial charge in [-0.1, -0.05) is 18.2 Å². The van der Waals surface area contributed by atoms with Crippen molar-refractivity contribution in [2.75, 3.05) is 13.1 Å². The summed E-state index contributed by atoms with van der Waals surface area (Å²) in [6.07, 6.45) is 0.753. The number of carbonyl (C=O) groups is 2. The molecular formula is C15H17N3O3. The fraction of sp³-hybridized carbons (Fsp3) is 0.333. The first-order valence-electron chi connectivity index (χ1n) is 6.98. The summed E-state index contributed by atoms with van der Waals surface area (Å²) in [5.41, 5.74) is 3.44. The van der Waals surface area contributed by atoms with Crippen LogP contribution in [0.3, 0.4) is 0 Å². The van der Waals surface area contributed by atoms with Crippen LogP contribution in [0, 0.1) is 0 Å². The Bertz CT molecular complexity index is 693. The number of para-hydroxylation sites is 1. The molecule has 6 heteroatoms. The zero-order valence-corrected chi connectivity index (χ0v) is 11.6. The smallest absolute Gasteiger partial charge is 0.317 e. The van der Waals surface area contributed by atoms with E-state index in [1.54, 1.807) is 4.90 Å². The van der Waals surface area contributed by atoms with Crippen molar-refractivity contribution < 1.29 is 14.7 Å². The number of carbonyl (C=O) groups excluding carboxylic acids is 1. The molecular weight excluding hydrogens is 270 g/mol. The lowest BCUT2D eigenvalue weighted by atomic mass is 10.0. The van der Waals surface area contributed by atoms with Crippen LogP contribution in [0.15, 0.2) is 24.3 Å². The molecule has 1 aliphatic rings. The number of fused-ring (bicyclic) bond motifs is 3. The Hall–Kier alpha value is -2.50. The first-order valence-corrected chi connectivity index (χ1v) is 6.98. The van der Waals surface area contributed by atoms with Crippen molar-refractivity contribution in [1.29, 1.82) is 0 Å². The van der Waals surface area contributed by atoms with Gasteiger partial charge in [0.25, 0.3) is 0 Å². The molecule has 0 atom stereocenters. The Kier molecular flexibility index (Phi) is 3.51. The predicted octanol–water partition coefficient (Wildman–Crippen LogP) is 1.71. The Balaban J connectivity index is 1.69. The molecule has 0 saturated heterocycles. The molecule has 3 N–H and O–H groups in total. The van der Waals surface area contributed by atoms with Crippen LogP contribution in [-0.4, -0.2) is 40.1 Å². The molecule has 0 aliphatic carbocycles. The molecule has 0 radical (unpaired) electrons. The monoisotopic (exact) mass is 287 g/mol. The standard InChI is InChI=1S/C15H17N3O3/c19-14(20)5-7-16-15(21)18-8-6-11-10-3-1-2-4-12(10)17-13(11)9-18/h1-4,17H,5-9H2,(H,16,21)(H,19,20). The van der Waals surface area contributed by atoms with Gasteiger partial charge in [0.05, 0.1) is 13.0 Å². The highest BCUT2D eigenvalue weighted by Gasteiger charge is 2.23. The summed E-state index contributed by atoms with van der Waals surface area (Å²) in [5.74, 6) is -0.910. The van der Waals surface area contributed by atoms with Crippen molar-refractivity contribution in [3.8, 4) is 0 Å². The van der Waals surface area contributed by atoms with E-state index in [-0.39, 0.29) is 19.0 Å². The summed E-state index contributed by atoms with van der Waals surface area (Å²) in [6.45, 7) is 1.33. The number of H-pyrrole nitrogens is 1. The number of aromatic nitrogens is 1. The van der Waals surface area contributed by atoms with Gasteiger partial charge in [-0.25, -0.2) is 4.79 Å². The number of hydrogen-bond donors (Lipinski definition) is 3. The maximum absolute atomic E-state index is 12.0. The van der Waals surface area contributed by atoms with Crippen LogP contribution in [0.4, 0.5) is 4.79 Å². The largest absolute Gasteiger partial charge is 0.481 e. The van der Waals surface area contributed by atoms with Crippen LogP contribution < -0.4 is 5.32 Å². The van der Waals surface area contributed by atoms with E-state index in [0.29, 0.717) is 13.1 Å². The van der Waals surface area contributed by atoms with E-state index in [1.165, 1.54) is 10.9 Å². The van der Waals surface area contributed by atoms with Gasteiger partial charge in [0, 0.05) is 29.7 Å². The normalized spacial score (nSPS) is 14.0. The Morgan fingerprint density at radius 1 is 1.33 bits per heavy atom.